The van der Waals surface area contributed by atoms with Crippen LogP contribution < -0.4 is 10.7 Å². The summed E-state index contributed by atoms with van der Waals surface area (Å²) in [5, 5.41) is 3.48. The number of nitrogens with zero attached hydrogens (tertiary/aromatic N) is 1. The second kappa shape index (κ2) is 6.02. The summed E-state index contributed by atoms with van der Waals surface area (Å²) in [7, 11) is 0. The van der Waals surface area contributed by atoms with Crippen LogP contribution in [-0.4, -0.2) is 41.0 Å². The molecule has 1 atom stereocenters. The minimum absolute atomic E-state index is 0.119. The van der Waals surface area contributed by atoms with Crippen molar-refractivity contribution in [1.29, 1.82) is 0 Å². The number of rotatable bonds is 4. The minimum atomic E-state index is -0.182. The third-order valence-electron chi connectivity index (χ3n) is 4.37. The summed E-state index contributed by atoms with van der Waals surface area (Å²) in [4.78, 5) is 29.6. The van der Waals surface area contributed by atoms with E-state index in [0.717, 1.165) is 38.0 Å². The molecular weight excluding hydrogens is 266 g/mol. The average Bonchev–Trinajstić information content (AvgIpc) is 3.30. The highest BCUT2D eigenvalue weighted by Gasteiger charge is 2.35. The van der Waals surface area contributed by atoms with E-state index in [-0.39, 0.29) is 16.9 Å². The van der Waals surface area contributed by atoms with E-state index in [2.05, 4.69) is 10.3 Å². The molecule has 2 heterocycles. The quantitative estimate of drug-likeness (QED) is 0.881. The fraction of sp³-hybridized carbons (Fsp3) is 0.625. The summed E-state index contributed by atoms with van der Waals surface area (Å²) in [6, 6.07) is 2.19. The van der Waals surface area contributed by atoms with E-state index < -0.39 is 0 Å². The largest absolute Gasteiger partial charge is 0.364 e. The predicted molar refractivity (Wildman–Crippen MR) is 81.5 cm³/mol. The van der Waals surface area contributed by atoms with Crippen LogP contribution in [0.1, 0.15) is 48.2 Å². The molecule has 21 heavy (non-hydrogen) atoms. The van der Waals surface area contributed by atoms with Crippen molar-refractivity contribution in [3.8, 4) is 0 Å². The summed E-state index contributed by atoms with van der Waals surface area (Å²) in [6.45, 7) is 3.57. The zero-order chi connectivity index (χ0) is 14.8. The molecule has 0 bridgehead atoms. The van der Waals surface area contributed by atoms with Crippen LogP contribution in [0.25, 0.3) is 0 Å². The number of pyridine rings is 1. The molecule has 2 aliphatic rings. The highest BCUT2D eigenvalue weighted by atomic mass is 16.2. The van der Waals surface area contributed by atoms with Crippen LogP contribution in [0.15, 0.2) is 17.1 Å². The number of piperidine rings is 1. The van der Waals surface area contributed by atoms with E-state index in [4.69, 9.17) is 0 Å². The summed E-state index contributed by atoms with van der Waals surface area (Å²) in [6.07, 6.45) is 7.22. The Morgan fingerprint density at radius 2 is 2.14 bits per heavy atom. The topological polar surface area (TPSA) is 65.2 Å². The maximum absolute atomic E-state index is 12.7. The molecule has 0 radical (unpaired) electrons. The van der Waals surface area contributed by atoms with Crippen LogP contribution in [0.3, 0.4) is 0 Å². The molecule has 0 aromatic carbocycles. The van der Waals surface area contributed by atoms with Gasteiger partial charge in [-0.15, -0.1) is 0 Å². The molecule has 1 aliphatic heterocycles. The van der Waals surface area contributed by atoms with Crippen molar-refractivity contribution in [2.75, 3.05) is 13.1 Å². The van der Waals surface area contributed by atoms with E-state index in [1.165, 1.54) is 18.9 Å². The maximum atomic E-state index is 12.7. The van der Waals surface area contributed by atoms with Crippen LogP contribution in [0.5, 0.6) is 0 Å². The van der Waals surface area contributed by atoms with Gasteiger partial charge in [-0.1, -0.05) is 6.42 Å². The minimum Gasteiger partial charge on any atom is -0.364 e. The third-order valence-corrected chi connectivity index (χ3v) is 4.37. The molecule has 1 aromatic rings. The Morgan fingerprint density at radius 1 is 1.33 bits per heavy atom. The van der Waals surface area contributed by atoms with Gasteiger partial charge in [-0.25, -0.2) is 0 Å². The number of amides is 1. The second-order valence-corrected chi connectivity index (χ2v) is 6.23. The molecule has 1 amide bonds. The van der Waals surface area contributed by atoms with Gasteiger partial charge in [0.25, 0.3) is 5.91 Å². The Hall–Kier alpha value is -1.62. The molecule has 2 N–H and O–H groups in total. The lowest BCUT2D eigenvalue weighted by atomic mass is 10.0. The highest BCUT2D eigenvalue weighted by molar-refractivity contribution is 5.94. The highest BCUT2D eigenvalue weighted by Crippen LogP contribution is 2.28. The van der Waals surface area contributed by atoms with Gasteiger partial charge >= 0.3 is 0 Å². The first-order valence-corrected chi connectivity index (χ1v) is 7.89. The number of carbonyl (C=O) groups excluding carboxylic acids is 1. The van der Waals surface area contributed by atoms with Gasteiger partial charge in [0.2, 0.25) is 0 Å². The predicted octanol–water partition coefficient (Wildman–Crippen LogP) is 1.43. The monoisotopic (exact) mass is 289 g/mol. The number of aromatic nitrogens is 1. The Morgan fingerprint density at radius 3 is 2.76 bits per heavy atom. The van der Waals surface area contributed by atoms with Gasteiger partial charge in [-0.3, -0.25) is 9.59 Å². The lowest BCUT2D eigenvalue weighted by Gasteiger charge is -2.30. The first-order valence-electron chi connectivity index (χ1n) is 7.89. The Bertz CT molecular complexity index is 571. The van der Waals surface area contributed by atoms with Crippen molar-refractivity contribution >= 4 is 5.91 Å². The van der Waals surface area contributed by atoms with Crippen molar-refractivity contribution in [2.45, 2.75) is 51.1 Å². The van der Waals surface area contributed by atoms with Crippen molar-refractivity contribution in [3.05, 3.63) is 33.7 Å². The Balaban J connectivity index is 1.76. The molecule has 5 nitrogen and oxygen atoms in total. The molecule has 1 saturated heterocycles. The molecule has 1 aromatic heterocycles. The standard InChI is InChI=1S/C16H23N3O2/c1-11-8-15(20)14(9-18-11)16(21)19(13-5-6-13)10-12-4-2-3-7-17-12/h8-9,12-13,17H,2-7,10H2,1H3,(H,18,20). The van der Waals surface area contributed by atoms with E-state index in [1.54, 1.807) is 6.20 Å². The van der Waals surface area contributed by atoms with Crippen LogP contribution in [-0.2, 0) is 0 Å². The number of nitrogens with one attached hydrogen (secondary N) is 2. The number of hydrogen-bond donors (Lipinski definition) is 2. The number of H-pyrrole nitrogens is 1. The summed E-state index contributed by atoms with van der Waals surface area (Å²) in [5.74, 6) is -0.119. The molecule has 1 aliphatic carbocycles. The number of carbonyl (C=O) groups is 1. The van der Waals surface area contributed by atoms with E-state index in [1.807, 2.05) is 11.8 Å². The number of hydrogen-bond acceptors (Lipinski definition) is 3. The van der Waals surface area contributed by atoms with Crippen LogP contribution in [0, 0.1) is 6.92 Å². The SMILES string of the molecule is Cc1cc(=O)c(C(=O)N(CC2CCCCN2)C2CC2)c[nH]1. The van der Waals surface area contributed by atoms with E-state index >= 15 is 0 Å². The average molecular weight is 289 g/mol. The first-order chi connectivity index (χ1) is 10.1. The fourth-order valence-electron chi connectivity index (χ4n) is 3.00. The number of aryl methyl sites for hydroxylation is 1. The van der Waals surface area contributed by atoms with Gasteiger partial charge in [-0.05, 0) is 39.2 Å². The molecule has 2 fully saturated rings. The fourth-order valence-corrected chi connectivity index (χ4v) is 3.00. The lowest BCUT2D eigenvalue weighted by Crippen LogP contribution is -2.47. The van der Waals surface area contributed by atoms with Crippen LogP contribution in [0.4, 0.5) is 0 Å². The Labute approximate surface area is 124 Å². The van der Waals surface area contributed by atoms with Gasteiger partial charge in [0.15, 0.2) is 5.43 Å². The summed E-state index contributed by atoms with van der Waals surface area (Å²) >= 11 is 0. The summed E-state index contributed by atoms with van der Waals surface area (Å²) < 4.78 is 0. The summed E-state index contributed by atoms with van der Waals surface area (Å²) in [5.41, 5.74) is 0.866. The number of aromatic amines is 1. The van der Waals surface area contributed by atoms with Crippen molar-refractivity contribution in [1.82, 2.24) is 15.2 Å². The van der Waals surface area contributed by atoms with Gasteiger partial charge < -0.3 is 15.2 Å². The first kappa shape index (κ1) is 14.3. The Kier molecular flexibility index (Phi) is 4.10. The molecule has 3 rings (SSSR count). The molecule has 0 spiro atoms. The van der Waals surface area contributed by atoms with Gasteiger partial charge in [0.05, 0.1) is 0 Å². The molecule has 114 valence electrons. The van der Waals surface area contributed by atoms with E-state index in [9.17, 15) is 9.59 Å². The smallest absolute Gasteiger partial charge is 0.259 e. The lowest BCUT2D eigenvalue weighted by molar-refractivity contribution is 0.0716. The molecule has 1 unspecified atom stereocenters. The van der Waals surface area contributed by atoms with Gasteiger partial charge in [-0.2, -0.15) is 0 Å². The van der Waals surface area contributed by atoms with Crippen LogP contribution >= 0.6 is 0 Å². The maximum Gasteiger partial charge on any atom is 0.259 e. The normalized spacial score (nSPS) is 22.0. The van der Waals surface area contributed by atoms with Gasteiger partial charge in [0.1, 0.15) is 5.56 Å². The van der Waals surface area contributed by atoms with Gasteiger partial charge in [0, 0.05) is 36.6 Å². The third kappa shape index (κ3) is 3.35. The van der Waals surface area contributed by atoms with Crippen molar-refractivity contribution < 1.29 is 4.79 Å². The van der Waals surface area contributed by atoms with E-state index in [0.29, 0.717) is 12.1 Å². The zero-order valence-electron chi connectivity index (χ0n) is 12.5. The van der Waals surface area contributed by atoms with Crippen molar-refractivity contribution in [3.63, 3.8) is 0 Å². The van der Waals surface area contributed by atoms with Crippen LogP contribution in [0.2, 0.25) is 0 Å². The molecule has 1 saturated carbocycles. The molecular formula is C16H23N3O2. The second-order valence-electron chi connectivity index (χ2n) is 6.23. The van der Waals surface area contributed by atoms with Crippen molar-refractivity contribution in [2.24, 2.45) is 0 Å². The molecule has 5 heteroatoms. The zero-order valence-corrected chi connectivity index (χ0v) is 12.5.